The predicted octanol–water partition coefficient (Wildman–Crippen LogP) is 1.86. The quantitative estimate of drug-likeness (QED) is 0.847. The molecule has 0 aliphatic carbocycles. The van der Waals surface area contributed by atoms with E-state index in [1.807, 2.05) is 5.38 Å². The van der Waals surface area contributed by atoms with Crippen LogP contribution in [0.4, 0.5) is 5.69 Å². The van der Waals surface area contributed by atoms with Crippen molar-refractivity contribution in [3.63, 3.8) is 0 Å². The third kappa shape index (κ3) is 3.17. The maximum Gasteiger partial charge on any atom is 0.246 e. The van der Waals surface area contributed by atoms with E-state index < -0.39 is 10.0 Å². The topological polar surface area (TPSA) is 85.5 Å². The Morgan fingerprint density at radius 1 is 1.43 bits per heavy atom. The molecule has 0 bridgehead atoms. The van der Waals surface area contributed by atoms with E-state index in [4.69, 9.17) is 10.5 Å². The van der Waals surface area contributed by atoms with Crippen LogP contribution in [0, 0.1) is 6.92 Å². The van der Waals surface area contributed by atoms with E-state index in [9.17, 15) is 8.42 Å². The van der Waals surface area contributed by atoms with Crippen LogP contribution < -0.4 is 10.5 Å². The lowest BCUT2D eigenvalue weighted by Crippen LogP contribution is -2.27. The Hall–Kier alpha value is -1.64. The first-order valence-electron chi connectivity index (χ1n) is 6.13. The number of thiazole rings is 1. The number of sulfonamides is 1. The van der Waals surface area contributed by atoms with Gasteiger partial charge in [0.05, 0.1) is 24.9 Å². The maximum absolute atomic E-state index is 12.7. The zero-order valence-electron chi connectivity index (χ0n) is 12.0. The number of nitrogen functional groups attached to an aromatic ring is 1. The summed E-state index contributed by atoms with van der Waals surface area (Å²) in [6, 6.07) is 3.06. The van der Waals surface area contributed by atoms with Gasteiger partial charge in [0.25, 0.3) is 0 Å². The highest BCUT2D eigenvalue weighted by molar-refractivity contribution is 7.89. The van der Waals surface area contributed by atoms with Crippen molar-refractivity contribution in [2.75, 3.05) is 19.9 Å². The number of ether oxygens (including phenoxy) is 1. The van der Waals surface area contributed by atoms with Gasteiger partial charge in [0.15, 0.2) is 0 Å². The SMILES string of the molecule is COc1cc(C)c(N)cc1S(=O)(=O)N(C)Cc1cscn1. The molecule has 0 saturated heterocycles. The molecule has 1 aromatic heterocycles. The number of rotatable bonds is 5. The summed E-state index contributed by atoms with van der Waals surface area (Å²) < 4.78 is 31.7. The lowest BCUT2D eigenvalue weighted by atomic mass is 10.2. The molecule has 0 radical (unpaired) electrons. The number of nitrogens with zero attached hydrogens (tertiary/aromatic N) is 2. The van der Waals surface area contributed by atoms with Crippen LogP contribution in [0.2, 0.25) is 0 Å². The van der Waals surface area contributed by atoms with E-state index in [1.165, 1.54) is 35.9 Å². The minimum Gasteiger partial charge on any atom is -0.495 e. The van der Waals surface area contributed by atoms with E-state index in [0.29, 0.717) is 11.4 Å². The molecule has 0 spiro atoms. The first-order valence-corrected chi connectivity index (χ1v) is 8.52. The summed E-state index contributed by atoms with van der Waals surface area (Å²) >= 11 is 1.42. The number of aromatic nitrogens is 1. The molecule has 0 amide bonds. The fraction of sp³-hybridized carbons (Fsp3) is 0.308. The van der Waals surface area contributed by atoms with Gasteiger partial charge < -0.3 is 10.5 Å². The van der Waals surface area contributed by atoms with Crippen molar-refractivity contribution in [1.29, 1.82) is 0 Å². The number of benzene rings is 1. The van der Waals surface area contributed by atoms with E-state index in [0.717, 1.165) is 5.56 Å². The van der Waals surface area contributed by atoms with Crippen molar-refractivity contribution >= 4 is 27.0 Å². The van der Waals surface area contributed by atoms with Crippen LogP contribution >= 0.6 is 11.3 Å². The molecule has 0 aliphatic heterocycles. The lowest BCUT2D eigenvalue weighted by Gasteiger charge is -2.19. The fourth-order valence-electron chi connectivity index (χ4n) is 1.84. The van der Waals surface area contributed by atoms with Crippen LogP contribution in [0.1, 0.15) is 11.3 Å². The number of hydrogen-bond donors (Lipinski definition) is 1. The van der Waals surface area contributed by atoms with E-state index in [1.54, 1.807) is 18.5 Å². The smallest absolute Gasteiger partial charge is 0.246 e. The monoisotopic (exact) mass is 327 g/mol. The molecular formula is C13H17N3O3S2. The van der Waals surface area contributed by atoms with Gasteiger partial charge in [-0.3, -0.25) is 0 Å². The molecule has 0 atom stereocenters. The highest BCUT2D eigenvalue weighted by Crippen LogP contribution is 2.31. The molecule has 114 valence electrons. The second kappa shape index (κ2) is 6.00. The van der Waals surface area contributed by atoms with Crippen molar-refractivity contribution in [3.8, 4) is 5.75 Å². The van der Waals surface area contributed by atoms with Gasteiger partial charge in [-0.05, 0) is 24.6 Å². The molecule has 2 rings (SSSR count). The molecule has 0 saturated carbocycles. The standard InChI is InChI=1S/C13H17N3O3S2/c1-9-4-12(19-3)13(5-11(9)14)21(17,18)16(2)6-10-7-20-8-15-10/h4-5,7-8H,6,14H2,1-3H3. The predicted molar refractivity (Wildman–Crippen MR) is 82.9 cm³/mol. The second-order valence-electron chi connectivity index (χ2n) is 4.60. The van der Waals surface area contributed by atoms with Crippen molar-refractivity contribution in [2.45, 2.75) is 18.4 Å². The summed E-state index contributed by atoms with van der Waals surface area (Å²) in [6.45, 7) is 2.00. The van der Waals surface area contributed by atoms with Crippen LogP contribution in [-0.2, 0) is 16.6 Å². The average molecular weight is 327 g/mol. The lowest BCUT2D eigenvalue weighted by molar-refractivity contribution is 0.397. The molecule has 21 heavy (non-hydrogen) atoms. The molecule has 0 unspecified atom stereocenters. The maximum atomic E-state index is 12.7. The van der Waals surface area contributed by atoms with Gasteiger partial charge in [-0.1, -0.05) is 0 Å². The van der Waals surface area contributed by atoms with Gasteiger partial charge in [-0.2, -0.15) is 4.31 Å². The van der Waals surface area contributed by atoms with Crippen LogP contribution in [0.3, 0.4) is 0 Å². The van der Waals surface area contributed by atoms with E-state index in [-0.39, 0.29) is 17.2 Å². The summed E-state index contributed by atoms with van der Waals surface area (Å²) in [6.07, 6.45) is 0. The van der Waals surface area contributed by atoms with Gasteiger partial charge in [-0.15, -0.1) is 11.3 Å². The van der Waals surface area contributed by atoms with E-state index in [2.05, 4.69) is 4.98 Å². The summed E-state index contributed by atoms with van der Waals surface area (Å²) in [5.41, 5.74) is 9.38. The molecule has 6 nitrogen and oxygen atoms in total. The Labute approximate surface area is 128 Å². The van der Waals surface area contributed by atoms with Crippen LogP contribution in [-0.4, -0.2) is 31.9 Å². The van der Waals surface area contributed by atoms with Gasteiger partial charge in [0.2, 0.25) is 10.0 Å². The summed E-state index contributed by atoms with van der Waals surface area (Å²) in [5, 5.41) is 1.81. The number of aryl methyl sites for hydroxylation is 1. The Bertz CT molecular complexity index is 727. The molecule has 2 N–H and O–H groups in total. The minimum absolute atomic E-state index is 0.0610. The molecule has 2 aromatic rings. The number of anilines is 1. The number of hydrogen-bond acceptors (Lipinski definition) is 6. The van der Waals surface area contributed by atoms with Crippen LogP contribution in [0.5, 0.6) is 5.75 Å². The molecular weight excluding hydrogens is 310 g/mol. The van der Waals surface area contributed by atoms with Crippen molar-refractivity contribution in [2.24, 2.45) is 0 Å². The normalized spacial score (nSPS) is 11.8. The average Bonchev–Trinajstić information content (AvgIpc) is 2.94. The Balaban J connectivity index is 2.41. The third-order valence-corrected chi connectivity index (χ3v) is 5.57. The molecule has 0 fully saturated rings. The minimum atomic E-state index is -3.70. The number of methoxy groups -OCH3 is 1. The summed E-state index contributed by atoms with van der Waals surface area (Å²) in [7, 11) is -0.765. The Kier molecular flexibility index (Phi) is 4.50. The van der Waals surface area contributed by atoms with Crippen LogP contribution in [0.15, 0.2) is 27.9 Å². The first kappa shape index (κ1) is 15.7. The number of nitrogens with two attached hydrogens (primary N) is 1. The van der Waals surface area contributed by atoms with Gasteiger partial charge in [0.1, 0.15) is 10.6 Å². The fourth-order valence-corrected chi connectivity index (χ4v) is 3.70. The van der Waals surface area contributed by atoms with Crippen LogP contribution in [0.25, 0.3) is 0 Å². The molecule has 8 heteroatoms. The van der Waals surface area contributed by atoms with Crippen molar-refractivity contribution < 1.29 is 13.2 Å². The summed E-state index contributed by atoms with van der Waals surface area (Å²) in [4.78, 5) is 4.16. The zero-order valence-corrected chi connectivity index (χ0v) is 13.7. The molecule has 1 aromatic carbocycles. The largest absolute Gasteiger partial charge is 0.495 e. The zero-order chi connectivity index (χ0) is 15.6. The molecule has 1 heterocycles. The van der Waals surface area contributed by atoms with Crippen molar-refractivity contribution in [3.05, 3.63) is 34.3 Å². The molecule has 0 aliphatic rings. The first-order chi connectivity index (χ1) is 9.86. The highest BCUT2D eigenvalue weighted by Gasteiger charge is 2.26. The summed E-state index contributed by atoms with van der Waals surface area (Å²) in [5.74, 6) is 0.284. The Morgan fingerprint density at radius 3 is 2.71 bits per heavy atom. The van der Waals surface area contributed by atoms with Gasteiger partial charge >= 0.3 is 0 Å². The van der Waals surface area contributed by atoms with E-state index >= 15 is 0 Å². The van der Waals surface area contributed by atoms with Gasteiger partial charge in [0, 0.05) is 18.1 Å². The second-order valence-corrected chi connectivity index (χ2v) is 7.33. The van der Waals surface area contributed by atoms with Crippen molar-refractivity contribution in [1.82, 2.24) is 9.29 Å². The van der Waals surface area contributed by atoms with Gasteiger partial charge in [-0.25, -0.2) is 13.4 Å². The highest BCUT2D eigenvalue weighted by atomic mass is 32.2. The third-order valence-electron chi connectivity index (χ3n) is 3.11. The Morgan fingerprint density at radius 2 is 2.14 bits per heavy atom.